The van der Waals surface area contributed by atoms with Gasteiger partial charge in [0.25, 0.3) is 5.91 Å². The van der Waals surface area contributed by atoms with Gasteiger partial charge in [-0.2, -0.15) is 0 Å². The highest BCUT2D eigenvalue weighted by Crippen LogP contribution is 2.33. The first-order chi connectivity index (χ1) is 13.2. The molecule has 3 rings (SSSR count). The SMILES string of the molecule is CC(NC(=O)c1ccccc1N(C)C(=O)C1CC1)c1ccc(S(C)(=O)=O)cc1. The van der Waals surface area contributed by atoms with Crippen molar-refractivity contribution >= 4 is 27.3 Å². The molecule has 0 heterocycles. The summed E-state index contributed by atoms with van der Waals surface area (Å²) in [5, 5.41) is 2.92. The van der Waals surface area contributed by atoms with Crippen LogP contribution >= 0.6 is 0 Å². The topological polar surface area (TPSA) is 83.6 Å². The summed E-state index contributed by atoms with van der Waals surface area (Å²) in [6.45, 7) is 1.83. The van der Waals surface area contributed by atoms with Gasteiger partial charge in [0.15, 0.2) is 9.84 Å². The van der Waals surface area contributed by atoms with Crippen LogP contribution in [0.15, 0.2) is 53.4 Å². The van der Waals surface area contributed by atoms with Crippen LogP contribution in [0.5, 0.6) is 0 Å². The zero-order valence-corrected chi connectivity index (χ0v) is 17.0. The van der Waals surface area contributed by atoms with E-state index in [1.165, 1.54) is 12.1 Å². The van der Waals surface area contributed by atoms with Crippen molar-refractivity contribution in [2.24, 2.45) is 5.92 Å². The molecular formula is C21H24N2O4S. The van der Waals surface area contributed by atoms with Crippen molar-refractivity contribution in [3.63, 3.8) is 0 Å². The van der Waals surface area contributed by atoms with E-state index in [0.717, 1.165) is 24.7 Å². The Balaban J connectivity index is 1.76. The zero-order chi connectivity index (χ0) is 20.5. The van der Waals surface area contributed by atoms with Gasteiger partial charge in [-0.05, 0) is 49.6 Å². The van der Waals surface area contributed by atoms with Crippen molar-refractivity contribution in [1.29, 1.82) is 0 Å². The number of carbonyl (C=O) groups excluding carboxylic acids is 2. The Morgan fingerprint density at radius 1 is 1.07 bits per heavy atom. The van der Waals surface area contributed by atoms with E-state index < -0.39 is 9.84 Å². The van der Waals surface area contributed by atoms with Gasteiger partial charge in [0.1, 0.15) is 0 Å². The van der Waals surface area contributed by atoms with Gasteiger partial charge in [0, 0.05) is 19.2 Å². The normalized spacial score (nSPS) is 15.0. The fourth-order valence-electron chi connectivity index (χ4n) is 3.04. The molecule has 0 saturated heterocycles. The summed E-state index contributed by atoms with van der Waals surface area (Å²) in [6, 6.07) is 13.1. The number of hydrogen-bond donors (Lipinski definition) is 1. The molecule has 0 aliphatic heterocycles. The van der Waals surface area contributed by atoms with E-state index in [4.69, 9.17) is 0 Å². The van der Waals surface area contributed by atoms with Crippen LogP contribution in [0, 0.1) is 5.92 Å². The van der Waals surface area contributed by atoms with Gasteiger partial charge in [0.2, 0.25) is 5.91 Å². The van der Waals surface area contributed by atoms with Crippen LogP contribution in [0.25, 0.3) is 0 Å². The van der Waals surface area contributed by atoms with Crippen LogP contribution in [0.1, 0.15) is 41.7 Å². The standard InChI is InChI=1S/C21H24N2O4S/c1-14(15-10-12-17(13-11-15)28(3,26)27)22-20(24)18-6-4-5-7-19(18)23(2)21(25)16-8-9-16/h4-7,10-14,16H,8-9H2,1-3H3,(H,22,24). The third-order valence-corrected chi connectivity index (χ3v) is 6.05. The Hall–Kier alpha value is -2.67. The van der Waals surface area contributed by atoms with Gasteiger partial charge in [-0.3, -0.25) is 9.59 Å². The molecule has 148 valence electrons. The molecule has 6 nitrogen and oxygen atoms in total. The van der Waals surface area contributed by atoms with E-state index in [0.29, 0.717) is 11.3 Å². The number of carbonyl (C=O) groups is 2. The molecule has 7 heteroatoms. The monoisotopic (exact) mass is 400 g/mol. The molecular weight excluding hydrogens is 376 g/mol. The fourth-order valence-corrected chi connectivity index (χ4v) is 3.67. The second kappa shape index (κ2) is 7.75. The van der Waals surface area contributed by atoms with Gasteiger partial charge in [0.05, 0.1) is 22.2 Å². The molecule has 1 aliphatic rings. The predicted octanol–water partition coefficient (Wildman–Crippen LogP) is 2.95. The predicted molar refractivity (Wildman–Crippen MR) is 108 cm³/mol. The van der Waals surface area contributed by atoms with E-state index in [2.05, 4.69) is 5.32 Å². The van der Waals surface area contributed by atoms with Gasteiger partial charge in [-0.1, -0.05) is 24.3 Å². The second-order valence-corrected chi connectivity index (χ2v) is 9.24. The highest BCUT2D eigenvalue weighted by molar-refractivity contribution is 7.90. The van der Waals surface area contributed by atoms with Crippen LogP contribution in [0.3, 0.4) is 0 Å². The largest absolute Gasteiger partial charge is 0.345 e. The summed E-state index contributed by atoms with van der Waals surface area (Å²) in [4.78, 5) is 27.0. The lowest BCUT2D eigenvalue weighted by molar-refractivity contribution is -0.119. The van der Waals surface area contributed by atoms with Gasteiger partial charge in [-0.15, -0.1) is 0 Å². The molecule has 0 radical (unpaired) electrons. The fraction of sp³-hybridized carbons (Fsp3) is 0.333. The number of nitrogens with one attached hydrogen (secondary N) is 1. The Morgan fingerprint density at radius 3 is 2.25 bits per heavy atom. The summed E-state index contributed by atoms with van der Waals surface area (Å²) in [5.41, 5.74) is 1.80. The maximum atomic E-state index is 12.8. The lowest BCUT2D eigenvalue weighted by Crippen LogP contribution is -2.32. The molecule has 2 aromatic carbocycles. The molecule has 0 spiro atoms. The Bertz CT molecular complexity index is 995. The Kier molecular flexibility index (Phi) is 5.56. The second-order valence-electron chi connectivity index (χ2n) is 7.23. The van der Waals surface area contributed by atoms with Crippen LogP contribution in [-0.2, 0) is 14.6 Å². The van der Waals surface area contributed by atoms with Gasteiger partial charge < -0.3 is 10.2 Å². The number of sulfone groups is 1. The highest BCUT2D eigenvalue weighted by Gasteiger charge is 2.33. The lowest BCUT2D eigenvalue weighted by atomic mass is 10.1. The minimum atomic E-state index is -3.26. The van der Waals surface area contributed by atoms with Crippen LogP contribution in [0.4, 0.5) is 5.69 Å². The van der Waals surface area contributed by atoms with Crippen LogP contribution < -0.4 is 10.2 Å². The number of nitrogens with zero attached hydrogens (tertiary/aromatic N) is 1. The molecule has 1 unspecified atom stereocenters. The quantitative estimate of drug-likeness (QED) is 0.808. The lowest BCUT2D eigenvalue weighted by Gasteiger charge is -2.21. The molecule has 0 bridgehead atoms. The number of rotatable bonds is 6. The highest BCUT2D eigenvalue weighted by atomic mass is 32.2. The Labute approximate surface area is 165 Å². The number of hydrogen-bond acceptors (Lipinski definition) is 4. The molecule has 2 aromatic rings. The first-order valence-corrected chi connectivity index (χ1v) is 11.0. The van der Waals surface area contributed by atoms with E-state index in [9.17, 15) is 18.0 Å². The number of benzene rings is 2. The van der Waals surface area contributed by atoms with Crippen molar-refractivity contribution < 1.29 is 18.0 Å². The van der Waals surface area contributed by atoms with Crippen LogP contribution in [0.2, 0.25) is 0 Å². The number of para-hydroxylation sites is 1. The molecule has 2 amide bonds. The van der Waals surface area contributed by atoms with Gasteiger partial charge >= 0.3 is 0 Å². The third kappa shape index (κ3) is 4.42. The first kappa shape index (κ1) is 20.1. The molecule has 1 atom stereocenters. The van der Waals surface area contributed by atoms with E-state index in [1.54, 1.807) is 48.3 Å². The average Bonchev–Trinajstić information content (AvgIpc) is 3.51. The summed E-state index contributed by atoms with van der Waals surface area (Å²) >= 11 is 0. The van der Waals surface area contributed by atoms with Crippen LogP contribution in [-0.4, -0.2) is 33.5 Å². The minimum Gasteiger partial charge on any atom is -0.345 e. The van der Waals surface area contributed by atoms with Crippen molar-refractivity contribution in [3.8, 4) is 0 Å². The Morgan fingerprint density at radius 2 is 1.68 bits per heavy atom. The summed E-state index contributed by atoms with van der Waals surface area (Å²) in [6.07, 6.45) is 2.96. The molecule has 1 fully saturated rings. The maximum Gasteiger partial charge on any atom is 0.253 e. The van der Waals surface area contributed by atoms with E-state index >= 15 is 0 Å². The molecule has 0 aromatic heterocycles. The van der Waals surface area contributed by atoms with E-state index in [1.807, 2.05) is 6.92 Å². The van der Waals surface area contributed by atoms with Crippen molar-refractivity contribution in [2.45, 2.75) is 30.7 Å². The average molecular weight is 401 g/mol. The minimum absolute atomic E-state index is 0.0321. The van der Waals surface area contributed by atoms with Crippen molar-refractivity contribution in [1.82, 2.24) is 5.32 Å². The number of amides is 2. The first-order valence-electron chi connectivity index (χ1n) is 9.16. The summed E-state index contributed by atoms with van der Waals surface area (Å²) in [5.74, 6) is -0.191. The maximum absolute atomic E-state index is 12.8. The summed E-state index contributed by atoms with van der Waals surface area (Å²) < 4.78 is 23.2. The van der Waals surface area contributed by atoms with Crippen molar-refractivity contribution in [3.05, 3.63) is 59.7 Å². The van der Waals surface area contributed by atoms with Gasteiger partial charge in [-0.25, -0.2) is 8.42 Å². The van der Waals surface area contributed by atoms with E-state index in [-0.39, 0.29) is 28.7 Å². The zero-order valence-electron chi connectivity index (χ0n) is 16.2. The molecule has 1 saturated carbocycles. The molecule has 1 aliphatic carbocycles. The smallest absolute Gasteiger partial charge is 0.253 e. The summed E-state index contributed by atoms with van der Waals surface area (Å²) in [7, 11) is -1.57. The molecule has 28 heavy (non-hydrogen) atoms. The third-order valence-electron chi connectivity index (χ3n) is 4.92. The molecule has 1 N–H and O–H groups in total. The van der Waals surface area contributed by atoms with Crippen molar-refractivity contribution in [2.75, 3.05) is 18.2 Å². The number of anilines is 1.